The van der Waals surface area contributed by atoms with Crippen molar-refractivity contribution in [1.29, 1.82) is 0 Å². The molecule has 0 bridgehead atoms. The fourth-order valence-electron chi connectivity index (χ4n) is 2.01. The molecule has 0 saturated carbocycles. The third-order valence-corrected chi connectivity index (χ3v) is 3.70. The molecule has 0 amide bonds. The molecule has 1 saturated heterocycles. The molecule has 1 N–H and O–H groups in total. The molecule has 1 atom stereocenters. The summed E-state index contributed by atoms with van der Waals surface area (Å²) >= 11 is 1.41. The molecule has 90 valence electrons. The number of methoxy groups -OCH3 is 1. The fourth-order valence-corrected chi connectivity index (χ4v) is 2.72. The predicted octanol–water partition coefficient (Wildman–Crippen LogP) is 0.945. The minimum absolute atomic E-state index is 0.389. The summed E-state index contributed by atoms with van der Waals surface area (Å²) in [6.07, 6.45) is 2.87. The van der Waals surface area contributed by atoms with Crippen molar-refractivity contribution >= 4 is 11.5 Å². The lowest BCUT2D eigenvalue weighted by Crippen LogP contribution is -2.15. The summed E-state index contributed by atoms with van der Waals surface area (Å²) < 4.78 is 11.3. The number of hydrogen-bond acceptors (Lipinski definition) is 6. The van der Waals surface area contributed by atoms with Gasteiger partial charge in [0.1, 0.15) is 5.69 Å². The Labute approximate surface area is 103 Å². The van der Waals surface area contributed by atoms with Gasteiger partial charge in [-0.05, 0) is 24.5 Å². The molecule has 6 nitrogen and oxygen atoms in total. The van der Waals surface area contributed by atoms with E-state index in [1.165, 1.54) is 11.5 Å². The van der Waals surface area contributed by atoms with Gasteiger partial charge in [0.25, 0.3) is 0 Å². The first-order chi connectivity index (χ1) is 8.38. The molecule has 0 spiro atoms. The number of nitrogens with zero attached hydrogens (tertiary/aromatic N) is 4. The molecule has 17 heavy (non-hydrogen) atoms. The lowest BCUT2D eigenvalue weighted by atomic mass is 10.2. The van der Waals surface area contributed by atoms with Crippen molar-refractivity contribution in [3.8, 4) is 16.5 Å². The van der Waals surface area contributed by atoms with Gasteiger partial charge in [0.05, 0.1) is 24.2 Å². The Morgan fingerprint density at radius 3 is 3.24 bits per heavy atom. The van der Waals surface area contributed by atoms with Crippen LogP contribution in [-0.4, -0.2) is 39.6 Å². The van der Waals surface area contributed by atoms with Crippen LogP contribution in [0.1, 0.15) is 12.5 Å². The van der Waals surface area contributed by atoms with Crippen LogP contribution in [0.5, 0.6) is 5.88 Å². The van der Waals surface area contributed by atoms with E-state index in [4.69, 9.17) is 4.74 Å². The zero-order valence-corrected chi connectivity index (χ0v) is 10.3. The Kier molecular flexibility index (Phi) is 2.77. The Morgan fingerprint density at radius 1 is 1.59 bits per heavy atom. The number of rotatable bonds is 3. The molecule has 7 heteroatoms. The van der Waals surface area contributed by atoms with Gasteiger partial charge in [-0.2, -0.15) is 4.37 Å². The molecule has 1 fully saturated rings. The van der Waals surface area contributed by atoms with Crippen LogP contribution in [0, 0.1) is 0 Å². The molecule has 1 aliphatic rings. The van der Waals surface area contributed by atoms with Crippen LogP contribution in [0.25, 0.3) is 10.6 Å². The zero-order chi connectivity index (χ0) is 11.7. The van der Waals surface area contributed by atoms with Gasteiger partial charge >= 0.3 is 0 Å². The summed E-state index contributed by atoms with van der Waals surface area (Å²) in [6.45, 7) is 1.99. The highest BCUT2D eigenvalue weighted by molar-refractivity contribution is 7.09. The highest BCUT2D eigenvalue weighted by atomic mass is 32.1. The summed E-state index contributed by atoms with van der Waals surface area (Å²) in [6, 6.07) is 2.31. The first-order valence-electron chi connectivity index (χ1n) is 5.50. The second-order valence-electron chi connectivity index (χ2n) is 3.94. The molecule has 1 unspecified atom stereocenters. The molecular formula is C10H13N5OS. The minimum Gasteiger partial charge on any atom is -0.480 e. The fraction of sp³-hybridized carbons (Fsp3) is 0.500. The lowest BCUT2D eigenvalue weighted by molar-refractivity contribution is 0.402. The SMILES string of the molecule is COc1cc(-c2cnnn2C2CCNC2)sn1. The van der Waals surface area contributed by atoms with Crippen molar-refractivity contribution in [3.05, 3.63) is 12.3 Å². The Bertz CT molecular complexity index is 502. The first kappa shape index (κ1) is 10.7. The molecule has 2 aromatic rings. The molecule has 2 aromatic heterocycles. The third-order valence-electron chi connectivity index (χ3n) is 2.91. The molecule has 0 radical (unpaired) electrons. The average Bonchev–Trinajstić information content (AvgIpc) is 3.09. The topological polar surface area (TPSA) is 64.9 Å². The van der Waals surface area contributed by atoms with Crippen LogP contribution in [0.3, 0.4) is 0 Å². The molecule has 0 aliphatic carbocycles. The van der Waals surface area contributed by atoms with E-state index >= 15 is 0 Å². The quantitative estimate of drug-likeness (QED) is 0.879. The first-order valence-corrected chi connectivity index (χ1v) is 6.28. The number of nitrogens with one attached hydrogen (secondary N) is 1. The number of aromatic nitrogens is 4. The standard InChI is InChI=1S/C10H13N5OS/c1-16-10-4-9(17-13-10)8-6-12-14-15(8)7-2-3-11-5-7/h4,6-7,11H,2-3,5H2,1H3. The van der Waals surface area contributed by atoms with Crippen molar-refractivity contribution in [2.75, 3.05) is 20.2 Å². The van der Waals surface area contributed by atoms with E-state index in [-0.39, 0.29) is 0 Å². The van der Waals surface area contributed by atoms with Gasteiger partial charge in [0, 0.05) is 12.6 Å². The summed E-state index contributed by atoms with van der Waals surface area (Å²) in [5.74, 6) is 0.641. The largest absolute Gasteiger partial charge is 0.480 e. The maximum Gasteiger partial charge on any atom is 0.225 e. The van der Waals surface area contributed by atoms with Gasteiger partial charge in [-0.3, -0.25) is 0 Å². The maximum atomic E-state index is 5.10. The van der Waals surface area contributed by atoms with E-state index in [0.717, 1.165) is 30.1 Å². The summed E-state index contributed by atoms with van der Waals surface area (Å²) in [4.78, 5) is 1.04. The van der Waals surface area contributed by atoms with Gasteiger partial charge in [-0.25, -0.2) is 4.68 Å². The Hall–Kier alpha value is -1.47. The van der Waals surface area contributed by atoms with Crippen molar-refractivity contribution < 1.29 is 4.74 Å². The molecule has 3 rings (SSSR count). The Morgan fingerprint density at radius 2 is 2.53 bits per heavy atom. The number of hydrogen-bond donors (Lipinski definition) is 1. The van der Waals surface area contributed by atoms with Crippen molar-refractivity contribution in [2.24, 2.45) is 0 Å². The van der Waals surface area contributed by atoms with Crippen LogP contribution in [0.4, 0.5) is 0 Å². The molecule has 3 heterocycles. The van der Waals surface area contributed by atoms with E-state index in [1.807, 2.05) is 10.7 Å². The van der Waals surface area contributed by atoms with E-state index in [2.05, 4.69) is 20.0 Å². The van der Waals surface area contributed by atoms with Crippen molar-refractivity contribution in [3.63, 3.8) is 0 Å². The molecular weight excluding hydrogens is 238 g/mol. The van der Waals surface area contributed by atoms with Crippen LogP contribution >= 0.6 is 11.5 Å². The maximum absolute atomic E-state index is 5.10. The van der Waals surface area contributed by atoms with Crippen molar-refractivity contribution in [1.82, 2.24) is 24.7 Å². The van der Waals surface area contributed by atoms with Gasteiger partial charge in [0.2, 0.25) is 5.88 Å². The van der Waals surface area contributed by atoms with Crippen LogP contribution < -0.4 is 10.1 Å². The van der Waals surface area contributed by atoms with E-state index < -0.39 is 0 Å². The normalized spacial score (nSPS) is 19.7. The van der Waals surface area contributed by atoms with Gasteiger partial charge < -0.3 is 10.1 Å². The van der Waals surface area contributed by atoms with E-state index in [9.17, 15) is 0 Å². The highest BCUT2D eigenvalue weighted by Crippen LogP contribution is 2.29. The second kappa shape index (κ2) is 4.42. The summed E-state index contributed by atoms with van der Waals surface area (Å²) in [5.41, 5.74) is 1.01. The van der Waals surface area contributed by atoms with Crippen LogP contribution in [0.15, 0.2) is 12.3 Å². The average molecular weight is 251 g/mol. The zero-order valence-electron chi connectivity index (χ0n) is 9.46. The molecule has 1 aliphatic heterocycles. The lowest BCUT2D eigenvalue weighted by Gasteiger charge is -2.10. The Balaban J connectivity index is 1.94. The minimum atomic E-state index is 0.389. The summed E-state index contributed by atoms with van der Waals surface area (Å²) in [5, 5.41) is 11.5. The number of ether oxygens (including phenoxy) is 1. The van der Waals surface area contributed by atoms with Gasteiger partial charge in [-0.15, -0.1) is 5.10 Å². The van der Waals surface area contributed by atoms with E-state index in [1.54, 1.807) is 13.3 Å². The monoisotopic (exact) mass is 251 g/mol. The molecule has 0 aromatic carbocycles. The van der Waals surface area contributed by atoms with Crippen LogP contribution in [0.2, 0.25) is 0 Å². The van der Waals surface area contributed by atoms with Gasteiger partial charge in [-0.1, -0.05) is 5.21 Å². The highest BCUT2D eigenvalue weighted by Gasteiger charge is 2.21. The smallest absolute Gasteiger partial charge is 0.225 e. The van der Waals surface area contributed by atoms with Gasteiger partial charge in [0.15, 0.2) is 0 Å². The predicted molar refractivity (Wildman–Crippen MR) is 64.2 cm³/mol. The van der Waals surface area contributed by atoms with Crippen LogP contribution in [-0.2, 0) is 0 Å². The van der Waals surface area contributed by atoms with E-state index in [0.29, 0.717) is 11.9 Å². The third kappa shape index (κ3) is 1.91. The second-order valence-corrected chi connectivity index (χ2v) is 4.75. The van der Waals surface area contributed by atoms with Crippen molar-refractivity contribution in [2.45, 2.75) is 12.5 Å². The summed E-state index contributed by atoms with van der Waals surface area (Å²) in [7, 11) is 1.62.